The number of nitrogens with zero attached hydrogens (tertiary/aromatic N) is 4. The summed E-state index contributed by atoms with van der Waals surface area (Å²) in [7, 11) is 1.78. The maximum atomic E-state index is 11.4. The number of rotatable bonds is 2. The highest BCUT2D eigenvalue weighted by atomic mass is 35.5. The average molecular weight is 366 g/mol. The predicted octanol–water partition coefficient (Wildman–Crippen LogP) is 2.19. The van der Waals surface area contributed by atoms with Gasteiger partial charge in [0.05, 0.1) is 16.8 Å². The molecular weight excluding hydrogens is 346 g/mol. The van der Waals surface area contributed by atoms with Crippen molar-refractivity contribution in [3.05, 3.63) is 28.2 Å². The summed E-state index contributed by atoms with van der Waals surface area (Å²) in [5.74, 6) is 0.973. The molecule has 0 aliphatic carbocycles. The lowest BCUT2D eigenvalue weighted by Gasteiger charge is -2.36. The first-order valence-electron chi connectivity index (χ1n) is 7.83. The van der Waals surface area contributed by atoms with Crippen molar-refractivity contribution >= 4 is 45.0 Å². The summed E-state index contributed by atoms with van der Waals surface area (Å²) in [6.45, 7) is 5.27. The van der Waals surface area contributed by atoms with Crippen molar-refractivity contribution < 1.29 is 4.79 Å². The van der Waals surface area contributed by atoms with E-state index in [1.165, 1.54) is 0 Å². The number of carbonyl (C=O) groups excluding carboxylic acids is 1. The molecule has 0 bridgehead atoms. The molecule has 0 radical (unpaired) electrons. The molecule has 8 heteroatoms. The highest BCUT2D eigenvalue weighted by Crippen LogP contribution is 2.24. The van der Waals surface area contributed by atoms with Gasteiger partial charge in [0, 0.05) is 45.2 Å². The van der Waals surface area contributed by atoms with E-state index in [-0.39, 0.29) is 5.91 Å². The number of hydrogen-bond donors (Lipinski definition) is 1. The fourth-order valence-electron chi connectivity index (χ4n) is 2.74. The molecule has 2 aromatic rings. The maximum absolute atomic E-state index is 11.4. The van der Waals surface area contributed by atoms with E-state index in [2.05, 4.69) is 20.2 Å². The molecular formula is C16H20ClN5OS. The quantitative estimate of drug-likeness (QED) is 0.654. The molecule has 1 aromatic carbocycles. The molecule has 6 nitrogen and oxygen atoms in total. The van der Waals surface area contributed by atoms with E-state index in [1.54, 1.807) is 25.3 Å². The van der Waals surface area contributed by atoms with Gasteiger partial charge in [-0.15, -0.1) is 11.3 Å². The van der Waals surface area contributed by atoms with Gasteiger partial charge in [0.15, 0.2) is 5.96 Å². The van der Waals surface area contributed by atoms with Crippen molar-refractivity contribution in [1.82, 2.24) is 20.1 Å². The van der Waals surface area contributed by atoms with Crippen LogP contribution in [0.4, 0.5) is 0 Å². The van der Waals surface area contributed by atoms with Crippen molar-refractivity contribution in [2.24, 2.45) is 4.99 Å². The van der Waals surface area contributed by atoms with Crippen LogP contribution in [0.25, 0.3) is 10.2 Å². The summed E-state index contributed by atoms with van der Waals surface area (Å²) in [5.41, 5.74) is 0.925. The van der Waals surface area contributed by atoms with Crippen molar-refractivity contribution in [3.63, 3.8) is 0 Å². The molecule has 1 aromatic heterocycles. The van der Waals surface area contributed by atoms with Crippen molar-refractivity contribution in [2.45, 2.75) is 13.5 Å². The Balaban J connectivity index is 1.60. The van der Waals surface area contributed by atoms with Gasteiger partial charge in [0.1, 0.15) is 5.01 Å². The van der Waals surface area contributed by atoms with E-state index in [0.29, 0.717) is 11.6 Å². The molecule has 1 N–H and O–H groups in total. The van der Waals surface area contributed by atoms with Crippen LogP contribution >= 0.6 is 22.9 Å². The number of nitrogens with one attached hydrogen (secondary N) is 1. The number of benzene rings is 1. The first-order chi connectivity index (χ1) is 11.6. The Kier molecular flexibility index (Phi) is 5.20. The SMILES string of the molecule is CN=C(NCc1nc2cc(Cl)ccc2s1)N1CCN(C(C)=O)CC1. The van der Waals surface area contributed by atoms with E-state index in [1.807, 2.05) is 23.1 Å². The molecule has 2 heterocycles. The zero-order valence-corrected chi connectivity index (χ0v) is 15.3. The Hall–Kier alpha value is -1.86. The molecule has 1 fully saturated rings. The molecule has 128 valence electrons. The molecule has 1 aliphatic heterocycles. The second kappa shape index (κ2) is 7.36. The van der Waals surface area contributed by atoms with Gasteiger partial charge in [-0.2, -0.15) is 0 Å². The maximum Gasteiger partial charge on any atom is 0.219 e. The summed E-state index contributed by atoms with van der Waals surface area (Å²) >= 11 is 7.66. The zero-order valence-electron chi connectivity index (χ0n) is 13.8. The van der Waals surface area contributed by atoms with Crippen LogP contribution in [0.2, 0.25) is 5.02 Å². The number of piperazine rings is 1. The highest BCUT2D eigenvalue weighted by Gasteiger charge is 2.21. The molecule has 24 heavy (non-hydrogen) atoms. The summed E-state index contributed by atoms with van der Waals surface area (Å²) in [5, 5.41) is 5.06. The van der Waals surface area contributed by atoms with Gasteiger partial charge >= 0.3 is 0 Å². The summed E-state index contributed by atoms with van der Waals surface area (Å²) in [6, 6.07) is 5.76. The third-order valence-corrected chi connectivity index (χ3v) is 5.30. The van der Waals surface area contributed by atoms with Crippen LogP contribution in [-0.4, -0.2) is 59.9 Å². The number of hydrogen-bond acceptors (Lipinski definition) is 4. The second-order valence-corrected chi connectivity index (χ2v) is 7.17. The Morgan fingerprint density at radius 3 is 2.71 bits per heavy atom. The number of aromatic nitrogens is 1. The van der Waals surface area contributed by atoms with Crippen LogP contribution in [0.1, 0.15) is 11.9 Å². The van der Waals surface area contributed by atoms with Crippen LogP contribution < -0.4 is 5.32 Å². The fourth-order valence-corrected chi connectivity index (χ4v) is 3.80. The van der Waals surface area contributed by atoms with Gasteiger partial charge in [-0.1, -0.05) is 11.6 Å². The number of amides is 1. The average Bonchev–Trinajstić information content (AvgIpc) is 2.97. The lowest BCUT2D eigenvalue weighted by Crippen LogP contribution is -2.53. The summed E-state index contributed by atoms with van der Waals surface area (Å²) < 4.78 is 1.13. The van der Waals surface area contributed by atoms with Gasteiger partial charge in [0.25, 0.3) is 0 Å². The molecule has 3 rings (SSSR count). The van der Waals surface area contributed by atoms with Crippen molar-refractivity contribution in [2.75, 3.05) is 33.2 Å². The third kappa shape index (κ3) is 3.79. The normalized spacial score (nSPS) is 15.9. The largest absolute Gasteiger partial charge is 0.350 e. The number of thiazole rings is 1. The minimum absolute atomic E-state index is 0.130. The van der Waals surface area contributed by atoms with Crippen LogP contribution in [0.15, 0.2) is 23.2 Å². The van der Waals surface area contributed by atoms with Gasteiger partial charge in [-0.25, -0.2) is 4.98 Å². The molecule has 0 saturated carbocycles. The van der Waals surface area contributed by atoms with Crippen molar-refractivity contribution in [3.8, 4) is 0 Å². The zero-order chi connectivity index (χ0) is 17.1. The Morgan fingerprint density at radius 2 is 2.04 bits per heavy atom. The minimum atomic E-state index is 0.130. The Morgan fingerprint density at radius 1 is 1.33 bits per heavy atom. The third-order valence-electron chi connectivity index (χ3n) is 4.03. The predicted molar refractivity (Wildman–Crippen MR) is 98.7 cm³/mol. The van der Waals surface area contributed by atoms with Crippen molar-refractivity contribution in [1.29, 1.82) is 0 Å². The van der Waals surface area contributed by atoms with E-state index in [0.717, 1.165) is 47.4 Å². The number of carbonyl (C=O) groups is 1. The summed E-state index contributed by atoms with van der Waals surface area (Å²) in [6.07, 6.45) is 0. The first kappa shape index (κ1) is 17.0. The monoisotopic (exact) mass is 365 g/mol. The molecule has 0 spiro atoms. The van der Waals surface area contributed by atoms with Gasteiger partial charge in [-0.3, -0.25) is 9.79 Å². The van der Waals surface area contributed by atoms with Crippen LogP contribution in [-0.2, 0) is 11.3 Å². The van der Waals surface area contributed by atoms with Gasteiger partial charge in [0.2, 0.25) is 5.91 Å². The molecule has 1 saturated heterocycles. The standard InChI is InChI=1S/C16H20ClN5OS/c1-11(23)21-5-7-22(8-6-21)16(18-2)19-10-15-20-13-9-12(17)3-4-14(13)24-15/h3-4,9H,5-8,10H2,1-2H3,(H,18,19). The minimum Gasteiger partial charge on any atom is -0.350 e. The van der Waals surface area contributed by atoms with Crippen LogP contribution in [0.5, 0.6) is 0 Å². The number of fused-ring (bicyclic) bond motifs is 1. The first-order valence-corrected chi connectivity index (χ1v) is 9.02. The van der Waals surface area contributed by atoms with Crippen LogP contribution in [0.3, 0.4) is 0 Å². The fraction of sp³-hybridized carbons (Fsp3) is 0.438. The van der Waals surface area contributed by atoms with Crippen LogP contribution in [0, 0.1) is 0 Å². The smallest absolute Gasteiger partial charge is 0.219 e. The lowest BCUT2D eigenvalue weighted by molar-refractivity contribution is -0.130. The highest BCUT2D eigenvalue weighted by molar-refractivity contribution is 7.18. The van der Waals surface area contributed by atoms with Gasteiger partial charge in [-0.05, 0) is 18.2 Å². The van der Waals surface area contributed by atoms with E-state index < -0.39 is 0 Å². The van der Waals surface area contributed by atoms with Gasteiger partial charge < -0.3 is 15.1 Å². The lowest BCUT2D eigenvalue weighted by atomic mass is 10.3. The summed E-state index contributed by atoms with van der Waals surface area (Å²) in [4.78, 5) is 24.4. The molecule has 1 aliphatic rings. The van der Waals surface area contributed by atoms with E-state index in [4.69, 9.17) is 11.6 Å². The second-order valence-electron chi connectivity index (χ2n) is 5.61. The molecule has 1 amide bonds. The number of guanidine groups is 1. The van der Waals surface area contributed by atoms with E-state index >= 15 is 0 Å². The molecule has 0 unspecified atom stereocenters. The number of aliphatic imine (C=N–C) groups is 1. The van der Waals surface area contributed by atoms with E-state index in [9.17, 15) is 4.79 Å². The topological polar surface area (TPSA) is 60.8 Å². The Bertz CT molecular complexity index is 767. The number of halogens is 1. The Labute approximate surface area is 150 Å². The molecule has 0 atom stereocenters.